The van der Waals surface area contributed by atoms with Crippen molar-refractivity contribution in [1.29, 1.82) is 0 Å². The Labute approximate surface area is 74.8 Å². The van der Waals surface area contributed by atoms with E-state index in [1.165, 1.54) is 5.70 Å². The first-order valence-electron chi connectivity index (χ1n) is 4.52. The van der Waals surface area contributed by atoms with E-state index in [2.05, 4.69) is 36.9 Å². The van der Waals surface area contributed by atoms with Gasteiger partial charge in [-0.1, -0.05) is 0 Å². The van der Waals surface area contributed by atoms with E-state index in [1.54, 1.807) is 0 Å². The maximum absolute atomic E-state index is 5.51. The van der Waals surface area contributed by atoms with E-state index in [-0.39, 0.29) is 0 Å². The molecule has 1 aliphatic rings. The van der Waals surface area contributed by atoms with Crippen LogP contribution in [0.15, 0.2) is 11.9 Å². The molecule has 0 radical (unpaired) electrons. The summed E-state index contributed by atoms with van der Waals surface area (Å²) in [6.07, 6.45) is 3.21. The zero-order valence-electron chi connectivity index (χ0n) is 8.25. The first-order chi connectivity index (χ1) is 5.65. The van der Waals surface area contributed by atoms with E-state index in [4.69, 9.17) is 5.73 Å². The SMILES string of the molecule is CC(C)N1C=C(CCN)N(C)C1. The second-order valence-electron chi connectivity index (χ2n) is 3.61. The minimum Gasteiger partial charge on any atom is -0.359 e. The van der Waals surface area contributed by atoms with Crippen molar-refractivity contribution in [3.05, 3.63) is 11.9 Å². The van der Waals surface area contributed by atoms with Gasteiger partial charge in [0.1, 0.15) is 0 Å². The Bertz CT molecular complexity index is 175. The van der Waals surface area contributed by atoms with Gasteiger partial charge in [0.2, 0.25) is 0 Å². The molecule has 0 spiro atoms. The molecule has 3 nitrogen and oxygen atoms in total. The lowest BCUT2D eigenvalue weighted by Gasteiger charge is -2.22. The third-order valence-electron chi connectivity index (χ3n) is 2.24. The molecule has 70 valence electrons. The Morgan fingerprint density at radius 1 is 1.58 bits per heavy atom. The van der Waals surface area contributed by atoms with Gasteiger partial charge < -0.3 is 15.5 Å². The number of hydrogen-bond acceptors (Lipinski definition) is 3. The Kier molecular flexibility index (Phi) is 2.98. The van der Waals surface area contributed by atoms with Crippen LogP contribution in [0.25, 0.3) is 0 Å². The number of rotatable bonds is 3. The summed E-state index contributed by atoms with van der Waals surface area (Å²) in [4.78, 5) is 4.58. The average Bonchev–Trinajstić information content (AvgIpc) is 2.34. The lowest BCUT2D eigenvalue weighted by Crippen LogP contribution is -2.29. The van der Waals surface area contributed by atoms with Crippen molar-refractivity contribution in [1.82, 2.24) is 9.80 Å². The van der Waals surface area contributed by atoms with E-state index in [0.29, 0.717) is 6.04 Å². The lowest BCUT2D eigenvalue weighted by atomic mass is 10.3. The van der Waals surface area contributed by atoms with Crippen LogP contribution in [0.4, 0.5) is 0 Å². The number of nitrogens with two attached hydrogens (primary N) is 1. The molecule has 0 aliphatic carbocycles. The fourth-order valence-corrected chi connectivity index (χ4v) is 1.38. The first-order valence-corrected chi connectivity index (χ1v) is 4.52. The van der Waals surface area contributed by atoms with Crippen molar-refractivity contribution in [3.8, 4) is 0 Å². The van der Waals surface area contributed by atoms with Crippen LogP contribution in [-0.4, -0.2) is 36.1 Å². The molecule has 3 heteroatoms. The largest absolute Gasteiger partial charge is 0.359 e. The fourth-order valence-electron chi connectivity index (χ4n) is 1.38. The molecule has 0 aromatic carbocycles. The third kappa shape index (κ3) is 1.91. The number of nitrogens with zero attached hydrogens (tertiary/aromatic N) is 2. The maximum atomic E-state index is 5.51. The van der Waals surface area contributed by atoms with Crippen LogP contribution in [0.2, 0.25) is 0 Å². The second-order valence-corrected chi connectivity index (χ2v) is 3.61. The van der Waals surface area contributed by atoms with Crippen molar-refractivity contribution < 1.29 is 0 Å². The van der Waals surface area contributed by atoms with Gasteiger partial charge in [-0.2, -0.15) is 0 Å². The molecular formula is C9H19N3. The summed E-state index contributed by atoms with van der Waals surface area (Å²) in [6, 6.07) is 0.586. The van der Waals surface area contributed by atoms with Crippen LogP contribution < -0.4 is 5.73 Å². The van der Waals surface area contributed by atoms with Crippen LogP contribution in [-0.2, 0) is 0 Å². The molecule has 0 aromatic rings. The summed E-state index contributed by atoms with van der Waals surface area (Å²) in [7, 11) is 2.11. The molecule has 0 fully saturated rings. The minimum atomic E-state index is 0.586. The molecule has 12 heavy (non-hydrogen) atoms. The highest BCUT2D eigenvalue weighted by Gasteiger charge is 2.17. The maximum Gasteiger partial charge on any atom is 0.0895 e. The summed E-state index contributed by atoms with van der Waals surface area (Å²) < 4.78 is 0. The monoisotopic (exact) mass is 169 g/mol. The molecule has 1 rings (SSSR count). The molecule has 0 atom stereocenters. The van der Waals surface area contributed by atoms with Gasteiger partial charge in [0.15, 0.2) is 0 Å². The molecule has 0 saturated carbocycles. The molecule has 0 amide bonds. The van der Waals surface area contributed by atoms with E-state index in [9.17, 15) is 0 Å². The van der Waals surface area contributed by atoms with Gasteiger partial charge in [-0.05, 0) is 20.4 Å². The van der Waals surface area contributed by atoms with E-state index < -0.39 is 0 Å². The van der Waals surface area contributed by atoms with Crippen LogP contribution >= 0.6 is 0 Å². The van der Waals surface area contributed by atoms with Crippen molar-refractivity contribution in [3.63, 3.8) is 0 Å². The molecule has 0 aromatic heterocycles. The van der Waals surface area contributed by atoms with Crippen molar-refractivity contribution >= 4 is 0 Å². The Hall–Kier alpha value is -0.700. The van der Waals surface area contributed by atoms with Gasteiger partial charge >= 0.3 is 0 Å². The lowest BCUT2D eigenvalue weighted by molar-refractivity contribution is 0.247. The highest BCUT2D eigenvalue weighted by atomic mass is 15.4. The minimum absolute atomic E-state index is 0.586. The van der Waals surface area contributed by atoms with Crippen molar-refractivity contribution in [2.75, 3.05) is 20.3 Å². The fraction of sp³-hybridized carbons (Fsp3) is 0.778. The average molecular weight is 169 g/mol. The predicted molar refractivity (Wildman–Crippen MR) is 51.4 cm³/mol. The second kappa shape index (κ2) is 3.81. The van der Waals surface area contributed by atoms with Crippen LogP contribution in [0.3, 0.4) is 0 Å². The summed E-state index contributed by atoms with van der Waals surface area (Å²) in [5, 5.41) is 0. The quantitative estimate of drug-likeness (QED) is 0.678. The molecule has 2 N–H and O–H groups in total. The number of hydrogen-bond donors (Lipinski definition) is 1. The topological polar surface area (TPSA) is 32.5 Å². The van der Waals surface area contributed by atoms with Gasteiger partial charge in [-0.25, -0.2) is 0 Å². The highest BCUT2D eigenvalue weighted by Crippen LogP contribution is 2.17. The van der Waals surface area contributed by atoms with Gasteiger partial charge in [0.25, 0.3) is 0 Å². The molecular weight excluding hydrogens is 150 g/mol. The van der Waals surface area contributed by atoms with Gasteiger partial charge in [0, 0.05) is 31.4 Å². The smallest absolute Gasteiger partial charge is 0.0895 e. The predicted octanol–water partition coefficient (Wildman–Crippen LogP) is 0.790. The van der Waals surface area contributed by atoms with E-state index in [1.807, 2.05) is 0 Å². The van der Waals surface area contributed by atoms with Crippen LogP contribution in [0.1, 0.15) is 20.3 Å². The Balaban J connectivity index is 2.55. The normalized spacial score (nSPS) is 17.6. The molecule has 1 aliphatic heterocycles. The molecule has 0 unspecified atom stereocenters. The Morgan fingerprint density at radius 2 is 2.25 bits per heavy atom. The van der Waals surface area contributed by atoms with Gasteiger partial charge in [0.05, 0.1) is 6.67 Å². The standard InChI is InChI=1S/C9H19N3/c1-8(2)12-6-9(4-5-10)11(3)7-12/h6,8H,4-5,7,10H2,1-3H3. The summed E-state index contributed by atoms with van der Waals surface area (Å²) >= 11 is 0. The van der Waals surface area contributed by atoms with Crippen molar-refractivity contribution in [2.45, 2.75) is 26.3 Å². The van der Waals surface area contributed by atoms with Crippen LogP contribution in [0.5, 0.6) is 0 Å². The molecule has 0 bridgehead atoms. The summed E-state index contributed by atoms with van der Waals surface area (Å²) in [5.74, 6) is 0. The highest BCUT2D eigenvalue weighted by molar-refractivity contribution is 5.06. The summed E-state index contributed by atoms with van der Waals surface area (Å²) in [5.41, 5.74) is 6.86. The van der Waals surface area contributed by atoms with E-state index in [0.717, 1.165) is 19.6 Å². The summed E-state index contributed by atoms with van der Waals surface area (Å²) in [6.45, 7) is 6.15. The van der Waals surface area contributed by atoms with E-state index >= 15 is 0 Å². The first kappa shape index (κ1) is 9.39. The zero-order valence-corrected chi connectivity index (χ0v) is 8.25. The third-order valence-corrected chi connectivity index (χ3v) is 2.24. The Morgan fingerprint density at radius 3 is 2.67 bits per heavy atom. The van der Waals surface area contributed by atoms with Gasteiger partial charge in [-0.3, -0.25) is 0 Å². The molecule has 0 saturated heterocycles. The van der Waals surface area contributed by atoms with Crippen LogP contribution in [0, 0.1) is 0 Å². The molecule has 1 heterocycles. The van der Waals surface area contributed by atoms with Gasteiger partial charge in [-0.15, -0.1) is 0 Å². The van der Waals surface area contributed by atoms with Crippen molar-refractivity contribution in [2.24, 2.45) is 5.73 Å². The zero-order chi connectivity index (χ0) is 9.14.